The van der Waals surface area contributed by atoms with Crippen LogP contribution in [0.15, 0.2) is 54.6 Å². The number of unbranched alkanes of at least 4 members (excludes halogenated alkanes) is 1. The molecule has 0 bridgehead atoms. The van der Waals surface area contributed by atoms with E-state index in [2.05, 4.69) is 22.5 Å². The second-order valence-corrected chi connectivity index (χ2v) is 10.8. The Morgan fingerprint density at radius 2 is 1.80 bits per heavy atom. The fourth-order valence-corrected chi connectivity index (χ4v) is 5.97. The van der Waals surface area contributed by atoms with Crippen LogP contribution in [0, 0.1) is 5.92 Å². The van der Waals surface area contributed by atoms with E-state index in [0.717, 1.165) is 80.3 Å². The minimum absolute atomic E-state index is 0.00921. The van der Waals surface area contributed by atoms with Crippen molar-refractivity contribution < 1.29 is 14.4 Å². The first-order chi connectivity index (χ1) is 19.4. The lowest BCUT2D eigenvalue weighted by Crippen LogP contribution is -2.56. The predicted molar refractivity (Wildman–Crippen MR) is 157 cm³/mol. The summed E-state index contributed by atoms with van der Waals surface area (Å²) in [4.78, 5) is 41.9. The van der Waals surface area contributed by atoms with E-state index in [1.807, 2.05) is 59.2 Å². The number of nitrogens with one attached hydrogen (secondary N) is 2. The highest BCUT2D eigenvalue weighted by molar-refractivity contribution is 6.31. The van der Waals surface area contributed by atoms with Gasteiger partial charge < -0.3 is 20.9 Å². The molecule has 1 aromatic heterocycles. The standard InChI is InChI=1S/C31H38ClN5O3/c1-2-3-14-28-35-29(32)26(21-38)37(28)20-22-15-17-24(18-16-22)31(23-10-6-4-7-11-23,30(40)34-19-27(33)39)36-25-12-8-5-9-13-25/h5,8-9,12-13,15-18,21,23,36H,2-4,6-7,10-11,14,19-20H2,1H3,(H2,33,39)(H,34,40)/t31-/m1/s1. The molecule has 3 aromatic rings. The van der Waals surface area contributed by atoms with Gasteiger partial charge in [-0.15, -0.1) is 0 Å². The van der Waals surface area contributed by atoms with Crippen molar-refractivity contribution >= 4 is 35.4 Å². The smallest absolute Gasteiger partial charge is 0.251 e. The van der Waals surface area contributed by atoms with Gasteiger partial charge in [-0.1, -0.05) is 86.7 Å². The number of aldehydes is 1. The average Bonchev–Trinajstić information content (AvgIpc) is 3.28. The van der Waals surface area contributed by atoms with Crippen LogP contribution in [0.3, 0.4) is 0 Å². The normalized spacial score (nSPS) is 15.2. The molecule has 1 aliphatic carbocycles. The highest BCUT2D eigenvalue weighted by atomic mass is 35.5. The van der Waals surface area contributed by atoms with Crippen molar-refractivity contribution in [1.29, 1.82) is 0 Å². The maximum atomic E-state index is 14.0. The Balaban J connectivity index is 1.74. The van der Waals surface area contributed by atoms with Crippen LogP contribution < -0.4 is 16.4 Å². The van der Waals surface area contributed by atoms with E-state index in [-0.39, 0.29) is 23.5 Å². The van der Waals surface area contributed by atoms with Gasteiger partial charge >= 0.3 is 0 Å². The zero-order chi connectivity index (χ0) is 28.5. The number of hydrogen-bond acceptors (Lipinski definition) is 5. The van der Waals surface area contributed by atoms with Crippen molar-refractivity contribution in [1.82, 2.24) is 14.9 Å². The average molecular weight is 564 g/mol. The van der Waals surface area contributed by atoms with Crippen LogP contribution in [0.1, 0.15) is 79.3 Å². The number of carbonyl (C=O) groups excluding carboxylic acids is 3. The van der Waals surface area contributed by atoms with Gasteiger partial charge in [0, 0.05) is 18.7 Å². The number of benzene rings is 2. The van der Waals surface area contributed by atoms with Crippen molar-refractivity contribution in [3.63, 3.8) is 0 Å². The topological polar surface area (TPSA) is 119 Å². The van der Waals surface area contributed by atoms with E-state index in [1.165, 1.54) is 0 Å². The highest BCUT2D eigenvalue weighted by Gasteiger charge is 2.47. The third kappa shape index (κ3) is 6.55. The number of rotatable bonds is 13. The summed E-state index contributed by atoms with van der Waals surface area (Å²) in [6.07, 6.45) is 8.37. The van der Waals surface area contributed by atoms with Gasteiger partial charge in [0.25, 0.3) is 5.91 Å². The third-order valence-electron chi connectivity index (χ3n) is 7.77. The van der Waals surface area contributed by atoms with E-state index in [9.17, 15) is 14.4 Å². The van der Waals surface area contributed by atoms with Crippen LogP contribution >= 0.6 is 11.6 Å². The molecule has 1 saturated carbocycles. The number of nitrogens with zero attached hydrogens (tertiary/aromatic N) is 2. The van der Waals surface area contributed by atoms with Gasteiger partial charge in [0.1, 0.15) is 17.1 Å². The van der Waals surface area contributed by atoms with E-state index in [0.29, 0.717) is 12.2 Å². The second-order valence-electron chi connectivity index (χ2n) is 10.5. The van der Waals surface area contributed by atoms with Gasteiger partial charge in [-0.05, 0) is 48.4 Å². The number of para-hydroxylation sites is 1. The number of aryl methyl sites for hydroxylation is 1. The maximum Gasteiger partial charge on any atom is 0.251 e. The van der Waals surface area contributed by atoms with E-state index in [4.69, 9.17) is 17.3 Å². The number of hydrogen-bond donors (Lipinski definition) is 3. The van der Waals surface area contributed by atoms with Crippen LogP contribution in [0.2, 0.25) is 5.15 Å². The summed E-state index contributed by atoms with van der Waals surface area (Å²) in [5, 5.41) is 6.59. The molecule has 212 valence electrons. The van der Waals surface area contributed by atoms with Crippen molar-refractivity contribution in [2.75, 3.05) is 11.9 Å². The summed E-state index contributed by atoms with van der Waals surface area (Å²) in [6.45, 7) is 2.30. The number of amides is 2. The summed E-state index contributed by atoms with van der Waals surface area (Å²) >= 11 is 6.28. The minimum Gasteiger partial charge on any atom is -0.368 e. The number of imidazole rings is 1. The van der Waals surface area contributed by atoms with Gasteiger partial charge in [0.2, 0.25) is 5.91 Å². The van der Waals surface area contributed by atoms with E-state index < -0.39 is 11.4 Å². The van der Waals surface area contributed by atoms with Crippen molar-refractivity contribution in [3.8, 4) is 0 Å². The first-order valence-corrected chi connectivity index (χ1v) is 14.5. The molecule has 1 heterocycles. The molecular formula is C31H38ClN5O3. The summed E-state index contributed by atoms with van der Waals surface area (Å²) in [7, 11) is 0. The number of primary amides is 1. The first-order valence-electron chi connectivity index (χ1n) is 14.1. The van der Waals surface area contributed by atoms with Crippen LogP contribution in [0.4, 0.5) is 5.69 Å². The summed E-state index contributed by atoms with van der Waals surface area (Å²) in [5.41, 5.74) is 7.23. The molecule has 2 aromatic carbocycles. The first kappa shape index (κ1) is 29.3. The van der Waals surface area contributed by atoms with E-state index >= 15 is 0 Å². The Morgan fingerprint density at radius 1 is 1.10 bits per heavy atom. The van der Waals surface area contributed by atoms with Crippen LogP contribution in [-0.4, -0.2) is 34.2 Å². The molecule has 4 rings (SSSR count). The molecule has 0 aliphatic heterocycles. The fraction of sp³-hybridized carbons (Fsp3) is 0.419. The molecule has 40 heavy (non-hydrogen) atoms. The Bertz CT molecular complexity index is 1300. The lowest BCUT2D eigenvalue weighted by atomic mass is 9.70. The maximum absolute atomic E-state index is 14.0. The molecule has 1 aliphatic rings. The van der Waals surface area contributed by atoms with Gasteiger partial charge in [-0.25, -0.2) is 4.98 Å². The largest absolute Gasteiger partial charge is 0.368 e. The monoisotopic (exact) mass is 563 g/mol. The highest BCUT2D eigenvalue weighted by Crippen LogP contribution is 2.42. The Kier molecular flexibility index (Phi) is 9.98. The van der Waals surface area contributed by atoms with Gasteiger partial charge in [-0.2, -0.15) is 0 Å². The number of anilines is 1. The molecule has 0 spiro atoms. The molecule has 0 saturated heterocycles. The van der Waals surface area contributed by atoms with Crippen molar-refractivity contribution in [2.24, 2.45) is 11.7 Å². The Morgan fingerprint density at radius 3 is 2.42 bits per heavy atom. The molecular weight excluding hydrogens is 526 g/mol. The Hall–Kier alpha value is -3.65. The second kappa shape index (κ2) is 13.6. The molecule has 1 fully saturated rings. The van der Waals surface area contributed by atoms with E-state index in [1.54, 1.807) is 0 Å². The van der Waals surface area contributed by atoms with Crippen LogP contribution in [0.5, 0.6) is 0 Å². The predicted octanol–water partition coefficient (Wildman–Crippen LogP) is 5.23. The van der Waals surface area contributed by atoms with Crippen molar-refractivity contribution in [2.45, 2.75) is 70.4 Å². The molecule has 8 nitrogen and oxygen atoms in total. The lowest BCUT2D eigenvalue weighted by molar-refractivity contribution is -0.130. The zero-order valence-corrected chi connectivity index (χ0v) is 23.8. The van der Waals surface area contributed by atoms with Gasteiger partial charge in [-0.3, -0.25) is 14.4 Å². The molecule has 4 N–H and O–H groups in total. The quantitative estimate of drug-likeness (QED) is 0.246. The number of nitrogens with two attached hydrogens (primary N) is 1. The molecule has 9 heteroatoms. The van der Waals surface area contributed by atoms with Crippen LogP contribution in [0.25, 0.3) is 0 Å². The van der Waals surface area contributed by atoms with Crippen LogP contribution in [-0.2, 0) is 28.1 Å². The summed E-state index contributed by atoms with van der Waals surface area (Å²) in [6, 6.07) is 17.6. The third-order valence-corrected chi connectivity index (χ3v) is 8.05. The minimum atomic E-state index is -1.10. The number of carbonyl (C=O) groups is 3. The zero-order valence-electron chi connectivity index (χ0n) is 23.0. The Labute approximate surface area is 240 Å². The molecule has 0 radical (unpaired) electrons. The lowest BCUT2D eigenvalue weighted by Gasteiger charge is -2.43. The fourth-order valence-electron chi connectivity index (χ4n) is 5.73. The van der Waals surface area contributed by atoms with Crippen molar-refractivity contribution in [3.05, 3.63) is 82.4 Å². The summed E-state index contributed by atoms with van der Waals surface area (Å²) in [5.74, 6) is -0.0767. The van der Waals surface area contributed by atoms with Gasteiger partial charge in [0.15, 0.2) is 11.4 Å². The van der Waals surface area contributed by atoms with Gasteiger partial charge in [0.05, 0.1) is 6.54 Å². The molecule has 2 amide bonds. The number of halogens is 1. The molecule has 1 atom stereocenters. The molecule has 0 unspecified atom stereocenters. The SMILES string of the molecule is CCCCc1nc(Cl)c(C=O)n1Cc1ccc([C@@](Nc2ccccc2)(C(=O)NCC(N)=O)C2CCCCC2)cc1. The number of aromatic nitrogens is 2. The summed E-state index contributed by atoms with van der Waals surface area (Å²) < 4.78 is 1.87.